The topological polar surface area (TPSA) is 103 Å². The van der Waals surface area contributed by atoms with E-state index in [1.807, 2.05) is 13.0 Å². The molecule has 33 heavy (non-hydrogen) atoms. The normalized spacial score (nSPS) is 20.5. The number of anilines is 1. The number of amides is 4. The molecule has 2 heterocycles. The number of hydrogen-bond donors (Lipinski definition) is 3. The second-order valence-corrected chi connectivity index (χ2v) is 8.04. The summed E-state index contributed by atoms with van der Waals surface area (Å²) < 4.78 is 18.6. The minimum absolute atomic E-state index is 0.0212. The molecular formula is C23H26FN5O4. The molecule has 2 fully saturated rings. The number of urea groups is 1. The molecule has 2 aromatic carbocycles. The monoisotopic (exact) mass is 455 g/mol. The summed E-state index contributed by atoms with van der Waals surface area (Å²) in [5.41, 5.74) is 2.04. The molecule has 0 aliphatic carbocycles. The molecule has 2 aliphatic rings. The molecule has 0 aromatic heterocycles. The lowest BCUT2D eigenvalue weighted by Gasteiger charge is -2.47. The Morgan fingerprint density at radius 2 is 1.88 bits per heavy atom. The van der Waals surface area contributed by atoms with Gasteiger partial charge in [0.25, 0.3) is 5.91 Å². The van der Waals surface area contributed by atoms with Gasteiger partial charge in [-0.05, 0) is 42.3 Å². The van der Waals surface area contributed by atoms with Crippen LogP contribution < -0.4 is 20.7 Å². The summed E-state index contributed by atoms with van der Waals surface area (Å²) in [7, 11) is 1.51. The molecule has 4 rings (SSSR count). The summed E-state index contributed by atoms with van der Waals surface area (Å²) >= 11 is 0. The average molecular weight is 455 g/mol. The van der Waals surface area contributed by atoms with Crippen molar-refractivity contribution >= 4 is 23.5 Å². The number of nitrogens with zero attached hydrogens (tertiary/aromatic N) is 2. The summed E-state index contributed by atoms with van der Waals surface area (Å²) in [6.45, 7) is 2.70. The Hall–Kier alpha value is -3.50. The molecular weight excluding hydrogens is 429 g/mol. The lowest BCUT2D eigenvalue weighted by molar-refractivity contribution is -0.139. The van der Waals surface area contributed by atoms with Gasteiger partial charge < -0.3 is 15.4 Å². The van der Waals surface area contributed by atoms with Crippen molar-refractivity contribution in [1.29, 1.82) is 0 Å². The lowest BCUT2D eigenvalue weighted by atomic mass is 10.1. The van der Waals surface area contributed by atoms with Gasteiger partial charge in [-0.25, -0.2) is 9.18 Å². The predicted molar refractivity (Wildman–Crippen MR) is 119 cm³/mol. The summed E-state index contributed by atoms with van der Waals surface area (Å²) in [6, 6.07) is 9.71. The van der Waals surface area contributed by atoms with Crippen LogP contribution in [0.15, 0.2) is 42.5 Å². The van der Waals surface area contributed by atoms with Gasteiger partial charge in [0, 0.05) is 13.1 Å². The fraction of sp³-hybridized carbons (Fsp3) is 0.348. The molecule has 2 aromatic rings. The summed E-state index contributed by atoms with van der Waals surface area (Å²) in [5.74, 6) is -0.714. The van der Waals surface area contributed by atoms with Gasteiger partial charge in [0.15, 0.2) is 0 Å². The van der Waals surface area contributed by atoms with E-state index in [1.54, 1.807) is 12.1 Å². The first kappa shape index (κ1) is 22.7. The Balaban J connectivity index is 1.55. The number of carbonyl (C=O) groups is 3. The molecule has 4 amide bonds. The van der Waals surface area contributed by atoms with Crippen LogP contribution >= 0.6 is 0 Å². The number of methoxy groups -OCH3 is 1. The van der Waals surface area contributed by atoms with E-state index in [2.05, 4.69) is 16.0 Å². The minimum atomic E-state index is -0.696. The SMILES string of the molecule is COc1ccc(C)cc1NC(=O)CN1C(=O)N(Cc2ccc(F)cc2)C(=O)C2NCCNC21. The molecule has 0 spiro atoms. The second kappa shape index (κ2) is 9.55. The molecule has 3 N–H and O–H groups in total. The highest BCUT2D eigenvalue weighted by molar-refractivity contribution is 6.03. The summed E-state index contributed by atoms with van der Waals surface area (Å²) in [6.07, 6.45) is -0.659. The van der Waals surface area contributed by atoms with E-state index >= 15 is 0 Å². The van der Waals surface area contributed by atoms with Crippen molar-refractivity contribution in [2.45, 2.75) is 25.7 Å². The van der Waals surface area contributed by atoms with E-state index in [0.29, 0.717) is 30.1 Å². The molecule has 0 bridgehead atoms. The molecule has 2 atom stereocenters. The van der Waals surface area contributed by atoms with Crippen LogP contribution in [-0.2, 0) is 16.1 Å². The number of carbonyl (C=O) groups excluding carboxylic acids is 3. The number of benzene rings is 2. The largest absolute Gasteiger partial charge is 0.495 e. The lowest BCUT2D eigenvalue weighted by Crippen LogP contribution is -2.75. The van der Waals surface area contributed by atoms with Crippen molar-refractivity contribution < 1.29 is 23.5 Å². The fourth-order valence-electron chi connectivity index (χ4n) is 4.07. The van der Waals surface area contributed by atoms with Crippen molar-refractivity contribution in [3.63, 3.8) is 0 Å². The van der Waals surface area contributed by atoms with Crippen LogP contribution in [-0.4, -0.2) is 66.6 Å². The first-order chi connectivity index (χ1) is 15.9. The Morgan fingerprint density at radius 1 is 1.15 bits per heavy atom. The first-order valence-corrected chi connectivity index (χ1v) is 10.6. The van der Waals surface area contributed by atoms with Gasteiger partial charge in [-0.15, -0.1) is 0 Å². The molecule has 10 heteroatoms. The highest BCUT2D eigenvalue weighted by Gasteiger charge is 2.47. The Labute approximate surface area is 190 Å². The second-order valence-electron chi connectivity index (χ2n) is 8.04. The molecule has 174 valence electrons. The number of hydrogen-bond acceptors (Lipinski definition) is 6. The van der Waals surface area contributed by atoms with Crippen LogP contribution in [0.25, 0.3) is 0 Å². The maximum absolute atomic E-state index is 13.3. The zero-order valence-electron chi connectivity index (χ0n) is 18.4. The molecule has 2 unspecified atom stereocenters. The van der Waals surface area contributed by atoms with E-state index < -0.39 is 35.9 Å². The van der Waals surface area contributed by atoms with Gasteiger partial charge in [0.2, 0.25) is 5.91 Å². The van der Waals surface area contributed by atoms with Gasteiger partial charge in [-0.2, -0.15) is 0 Å². The molecule has 0 saturated carbocycles. The van der Waals surface area contributed by atoms with Gasteiger partial charge in [-0.1, -0.05) is 18.2 Å². The Morgan fingerprint density at radius 3 is 2.61 bits per heavy atom. The average Bonchev–Trinajstić information content (AvgIpc) is 2.81. The summed E-state index contributed by atoms with van der Waals surface area (Å²) in [5, 5.41) is 9.10. The van der Waals surface area contributed by atoms with Gasteiger partial charge in [0.1, 0.15) is 30.3 Å². The Kier molecular flexibility index (Phi) is 6.57. The van der Waals surface area contributed by atoms with Crippen LogP contribution in [0.3, 0.4) is 0 Å². The van der Waals surface area contributed by atoms with Crippen molar-refractivity contribution in [3.05, 3.63) is 59.4 Å². The van der Waals surface area contributed by atoms with Crippen LogP contribution in [0.5, 0.6) is 5.75 Å². The van der Waals surface area contributed by atoms with Gasteiger partial charge in [-0.3, -0.25) is 24.7 Å². The Bertz CT molecular complexity index is 1060. The number of piperazine rings is 1. The number of halogens is 1. The van der Waals surface area contributed by atoms with Gasteiger partial charge in [0.05, 0.1) is 19.3 Å². The highest BCUT2D eigenvalue weighted by Crippen LogP contribution is 2.26. The molecule has 2 aliphatic heterocycles. The smallest absolute Gasteiger partial charge is 0.328 e. The van der Waals surface area contributed by atoms with Crippen LogP contribution in [0.2, 0.25) is 0 Å². The predicted octanol–water partition coefficient (Wildman–Crippen LogP) is 1.43. The number of nitrogens with one attached hydrogen (secondary N) is 3. The fourth-order valence-corrected chi connectivity index (χ4v) is 4.07. The quantitative estimate of drug-likeness (QED) is 0.609. The maximum Gasteiger partial charge on any atom is 0.328 e. The zero-order chi connectivity index (χ0) is 23.5. The molecule has 0 radical (unpaired) electrons. The maximum atomic E-state index is 13.3. The van der Waals surface area contributed by atoms with Crippen LogP contribution in [0.4, 0.5) is 14.9 Å². The molecule has 9 nitrogen and oxygen atoms in total. The van der Waals surface area contributed by atoms with E-state index in [4.69, 9.17) is 4.74 Å². The number of aryl methyl sites for hydroxylation is 1. The van der Waals surface area contributed by atoms with Crippen molar-refractivity contribution in [2.75, 3.05) is 32.1 Å². The summed E-state index contributed by atoms with van der Waals surface area (Å²) in [4.78, 5) is 41.7. The van der Waals surface area contributed by atoms with E-state index in [0.717, 1.165) is 10.5 Å². The minimum Gasteiger partial charge on any atom is -0.495 e. The standard InChI is InChI=1S/C23H26FN5O4/c1-14-3-8-18(33-2)17(11-14)27-19(30)13-28-21-20(25-9-10-26-21)22(31)29(23(28)32)12-15-4-6-16(24)7-5-15/h3-8,11,20-21,25-26H,9-10,12-13H2,1-2H3,(H,27,30). The van der Waals surface area contributed by atoms with Crippen molar-refractivity contribution in [1.82, 2.24) is 20.4 Å². The van der Waals surface area contributed by atoms with Crippen LogP contribution in [0.1, 0.15) is 11.1 Å². The van der Waals surface area contributed by atoms with Crippen molar-refractivity contribution in [2.24, 2.45) is 0 Å². The molecule has 2 saturated heterocycles. The first-order valence-electron chi connectivity index (χ1n) is 10.6. The zero-order valence-corrected chi connectivity index (χ0v) is 18.4. The number of ether oxygens (including phenoxy) is 1. The third-order valence-corrected chi connectivity index (χ3v) is 5.70. The third-order valence-electron chi connectivity index (χ3n) is 5.70. The van der Waals surface area contributed by atoms with E-state index in [-0.39, 0.29) is 13.1 Å². The van der Waals surface area contributed by atoms with E-state index in [9.17, 15) is 18.8 Å². The number of rotatable bonds is 6. The van der Waals surface area contributed by atoms with Crippen LogP contribution in [0, 0.1) is 12.7 Å². The number of fused-ring (bicyclic) bond motifs is 1. The highest BCUT2D eigenvalue weighted by atomic mass is 19.1. The van der Waals surface area contributed by atoms with E-state index in [1.165, 1.54) is 36.3 Å². The van der Waals surface area contributed by atoms with Crippen molar-refractivity contribution in [3.8, 4) is 5.75 Å². The third kappa shape index (κ3) is 4.81. The number of imide groups is 1. The van der Waals surface area contributed by atoms with Gasteiger partial charge >= 0.3 is 6.03 Å².